The molecule has 4 nitrogen and oxygen atoms in total. The van der Waals surface area contributed by atoms with Crippen molar-refractivity contribution in [3.8, 4) is 0 Å². The predicted molar refractivity (Wildman–Crippen MR) is 75.7 cm³/mol. The minimum Gasteiger partial charge on any atom is -0.306 e. The van der Waals surface area contributed by atoms with E-state index in [9.17, 15) is 4.57 Å². The lowest BCUT2D eigenvalue weighted by Gasteiger charge is -2.22. The highest BCUT2D eigenvalue weighted by atomic mass is 79.9. The highest BCUT2D eigenvalue weighted by molar-refractivity contribution is 9.10. The molecule has 1 aromatic heterocycles. The van der Waals surface area contributed by atoms with E-state index in [0.29, 0.717) is 0 Å². The molecule has 102 valence electrons. The minimum atomic E-state index is -3.13. The Morgan fingerprint density at radius 2 is 1.78 bits per heavy atom. The van der Waals surface area contributed by atoms with E-state index in [0.717, 1.165) is 10.0 Å². The topological polar surface area (TPSA) is 48.4 Å². The van der Waals surface area contributed by atoms with E-state index in [1.165, 1.54) is 0 Å². The van der Waals surface area contributed by atoms with Crippen molar-refractivity contribution in [2.75, 3.05) is 0 Å². The summed E-state index contributed by atoms with van der Waals surface area (Å²) in [7, 11) is -3.13. The average molecular weight is 336 g/mol. The lowest BCUT2D eigenvalue weighted by Crippen LogP contribution is -2.09. The van der Waals surface area contributed by atoms with E-state index < -0.39 is 7.60 Å². The van der Waals surface area contributed by atoms with E-state index in [2.05, 4.69) is 20.9 Å². The Bertz CT molecular complexity index is 423. The van der Waals surface area contributed by atoms with Crippen molar-refractivity contribution in [3.63, 3.8) is 0 Å². The summed E-state index contributed by atoms with van der Waals surface area (Å²) in [5.74, 6) is 0. The Balaban J connectivity index is 2.87. The SMILES string of the molecule is CC(C)OP(=O)(Cc1cncc(Br)c1)OC(C)C. The van der Waals surface area contributed by atoms with Gasteiger partial charge in [0.05, 0.1) is 18.4 Å². The van der Waals surface area contributed by atoms with Crippen molar-refractivity contribution >= 4 is 23.5 Å². The van der Waals surface area contributed by atoms with Crippen LogP contribution in [0.4, 0.5) is 0 Å². The van der Waals surface area contributed by atoms with Crippen LogP contribution in [0.15, 0.2) is 22.9 Å². The molecule has 6 heteroatoms. The fourth-order valence-corrected chi connectivity index (χ4v) is 4.02. The largest absolute Gasteiger partial charge is 0.335 e. The standard InChI is InChI=1S/C12H19BrNO3P/c1-9(2)16-18(15,17-10(3)4)8-11-5-12(13)7-14-6-11/h5-7,9-10H,8H2,1-4H3. The van der Waals surface area contributed by atoms with Gasteiger partial charge in [-0.15, -0.1) is 0 Å². The summed E-state index contributed by atoms with van der Waals surface area (Å²) in [5, 5.41) is 0. The summed E-state index contributed by atoms with van der Waals surface area (Å²) in [4.78, 5) is 4.05. The zero-order valence-corrected chi connectivity index (χ0v) is 13.6. The van der Waals surface area contributed by atoms with Crippen molar-refractivity contribution in [2.24, 2.45) is 0 Å². The van der Waals surface area contributed by atoms with Crippen molar-refractivity contribution in [3.05, 3.63) is 28.5 Å². The van der Waals surface area contributed by atoms with Gasteiger partial charge in [-0.2, -0.15) is 0 Å². The van der Waals surface area contributed by atoms with Crippen LogP contribution in [0.3, 0.4) is 0 Å². The number of hydrogen-bond acceptors (Lipinski definition) is 4. The van der Waals surface area contributed by atoms with Gasteiger partial charge in [-0.1, -0.05) is 0 Å². The fourth-order valence-electron chi connectivity index (χ4n) is 1.51. The molecule has 0 bridgehead atoms. The monoisotopic (exact) mass is 335 g/mol. The molecule has 0 aliphatic rings. The maximum Gasteiger partial charge on any atom is 0.335 e. The van der Waals surface area contributed by atoms with Crippen molar-refractivity contribution < 1.29 is 13.6 Å². The summed E-state index contributed by atoms with van der Waals surface area (Å²) in [6.07, 6.45) is 3.30. The maximum absolute atomic E-state index is 12.6. The summed E-state index contributed by atoms with van der Waals surface area (Å²) < 4.78 is 24.4. The van der Waals surface area contributed by atoms with Crippen LogP contribution in [0, 0.1) is 0 Å². The highest BCUT2D eigenvalue weighted by Gasteiger charge is 2.28. The van der Waals surface area contributed by atoms with Crippen LogP contribution in [-0.4, -0.2) is 17.2 Å². The van der Waals surface area contributed by atoms with E-state index >= 15 is 0 Å². The van der Waals surface area contributed by atoms with Crippen LogP contribution in [0.5, 0.6) is 0 Å². The van der Waals surface area contributed by atoms with Crippen molar-refractivity contribution in [1.29, 1.82) is 0 Å². The van der Waals surface area contributed by atoms with Gasteiger partial charge in [0, 0.05) is 16.9 Å². The minimum absolute atomic E-state index is 0.144. The zero-order chi connectivity index (χ0) is 13.8. The van der Waals surface area contributed by atoms with Crippen LogP contribution in [0.2, 0.25) is 0 Å². The predicted octanol–water partition coefficient (Wildman–Crippen LogP) is 4.39. The van der Waals surface area contributed by atoms with Gasteiger partial charge in [0.2, 0.25) is 0 Å². The first-order chi connectivity index (χ1) is 8.31. The van der Waals surface area contributed by atoms with E-state index in [-0.39, 0.29) is 18.4 Å². The van der Waals surface area contributed by atoms with Gasteiger partial charge < -0.3 is 9.05 Å². The second-order valence-corrected chi connectivity index (χ2v) is 7.46. The molecule has 18 heavy (non-hydrogen) atoms. The lowest BCUT2D eigenvalue weighted by atomic mass is 10.3. The molecule has 1 heterocycles. The Morgan fingerprint density at radius 1 is 1.22 bits per heavy atom. The molecule has 0 saturated carbocycles. The Morgan fingerprint density at radius 3 is 2.22 bits per heavy atom. The molecule has 0 radical (unpaired) electrons. The lowest BCUT2D eigenvalue weighted by molar-refractivity contribution is 0.141. The van der Waals surface area contributed by atoms with Gasteiger partial charge in [0.1, 0.15) is 0 Å². The van der Waals surface area contributed by atoms with Crippen LogP contribution in [0.25, 0.3) is 0 Å². The van der Waals surface area contributed by atoms with Crippen LogP contribution in [-0.2, 0) is 19.8 Å². The molecule has 0 aliphatic carbocycles. The third-order valence-corrected chi connectivity index (χ3v) is 4.55. The van der Waals surface area contributed by atoms with Crippen molar-refractivity contribution in [1.82, 2.24) is 4.98 Å². The average Bonchev–Trinajstić information content (AvgIpc) is 2.13. The molecular formula is C12H19BrNO3P. The Hall–Kier alpha value is -0.220. The molecule has 0 N–H and O–H groups in total. The third-order valence-electron chi connectivity index (χ3n) is 1.88. The summed E-state index contributed by atoms with van der Waals surface area (Å²) in [5.41, 5.74) is 0.828. The molecule has 0 saturated heterocycles. The second-order valence-electron chi connectivity index (χ2n) is 4.59. The van der Waals surface area contributed by atoms with Gasteiger partial charge in [0.15, 0.2) is 0 Å². The molecule has 1 rings (SSSR count). The van der Waals surface area contributed by atoms with Gasteiger partial charge in [-0.3, -0.25) is 9.55 Å². The summed E-state index contributed by atoms with van der Waals surface area (Å²) in [6.45, 7) is 7.37. The first-order valence-corrected chi connectivity index (χ1v) is 8.38. The van der Waals surface area contributed by atoms with E-state index in [1.807, 2.05) is 33.8 Å². The van der Waals surface area contributed by atoms with E-state index in [4.69, 9.17) is 9.05 Å². The second kappa shape index (κ2) is 6.80. The Labute approximate surface area is 117 Å². The Kier molecular flexibility index (Phi) is 5.99. The van der Waals surface area contributed by atoms with Gasteiger partial charge in [0.25, 0.3) is 0 Å². The molecule has 0 amide bonds. The zero-order valence-electron chi connectivity index (χ0n) is 11.1. The number of nitrogens with zero attached hydrogens (tertiary/aromatic N) is 1. The molecule has 0 fully saturated rings. The number of aromatic nitrogens is 1. The molecule has 1 aromatic rings. The van der Waals surface area contributed by atoms with Gasteiger partial charge in [-0.05, 0) is 55.3 Å². The molecule has 0 aliphatic heterocycles. The highest BCUT2D eigenvalue weighted by Crippen LogP contribution is 2.53. The smallest absolute Gasteiger partial charge is 0.306 e. The van der Waals surface area contributed by atoms with Crippen molar-refractivity contribution in [2.45, 2.75) is 46.1 Å². The normalized spacial score (nSPS) is 12.4. The summed E-state index contributed by atoms with van der Waals surface area (Å²) >= 11 is 3.34. The molecular weight excluding hydrogens is 317 g/mol. The van der Waals surface area contributed by atoms with Crippen LogP contribution >= 0.6 is 23.5 Å². The number of halogens is 1. The van der Waals surface area contributed by atoms with Gasteiger partial charge >= 0.3 is 7.60 Å². The third kappa shape index (κ3) is 5.61. The number of hydrogen-bond donors (Lipinski definition) is 0. The first-order valence-electron chi connectivity index (χ1n) is 5.86. The number of pyridine rings is 1. The first kappa shape index (κ1) is 15.8. The molecule has 0 unspecified atom stereocenters. The van der Waals surface area contributed by atoms with Crippen LogP contribution < -0.4 is 0 Å². The quantitative estimate of drug-likeness (QED) is 0.723. The van der Waals surface area contributed by atoms with E-state index in [1.54, 1.807) is 12.4 Å². The molecule has 0 spiro atoms. The number of rotatable bonds is 6. The molecule has 0 aromatic carbocycles. The van der Waals surface area contributed by atoms with Crippen LogP contribution in [0.1, 0.15) is 33.3 Å². The summed E-state index contributed by atoms with van der Waals surface area (Å²) in [6, 6.07) is 1.87. The fraction of sp³-hybridized carbons (Fsp3) is 0.583. The van der Waals surface area contributed by atoms with Gasteiger partial charge in [-0.25, -0.2) is 0 Å². The maximum atomic E-state index is 12.6. The molecule has 0 atom stereocenters.